The van der Waals surface area contributed by atoms with Gasteiger partial charge in [0, 0.05) is 11.8 Å². The summed E-state index contributed by atoms with van der Waals surface area (Å²) < 4.78 is 21.1. The minimum absolute atomic E-state index is 0.111. The average Bonchev–Trinajstić information content (AvgIpc) is 3.35. The first-order valence-electron chi connectivity index (χ1n) is 9.37. The fourth-order valence-corrected chi connectivity index (χ4v) is 2.74. The van der Waals surface area contributed by atoms with Crippen molar-refractivity contribution in [1.82, 2.24) is 19.7 Å². The van der Waals surface area contributed by atoms with Gasteiger partial charge in [-0.25, -0.2) is 14.2 Å². The second kappa shape index (κ2) is 10.2. The Balaban J connectivity index is 0.00000101. The van der Waals surface area contributed by atoms with Crippen molar-refractivity contribution in [3.8, 4) is 11.6 Å². The van der Waals surface area contributed by atoms with Gasteiger partial charge in [0.2, 0.25) is 0 Å². The molecule has 0 saturated carbocycles. The standard InChI is InChI=1S/C19H17FN4O3.C3H8/c1-4-14-12(8-11(2)17-13(20)6-5-7-16(17)27-3)18(23-22-14)24-9-15(19(25)26)21-10-24;1-3-2/h4-10H,1H2,2-3H3,(H,22,23)(H,25,26);3H2,1-2H3/b11-8+;. The maximum atomic E-state index is 14.4. The highest BCUT2D eigenvalue weighted by molar-refractivity contribution is 5.87. The maximum absolute atomic E-state index is 14.4. The number of halogens is 1. The molecule has 2 N–H and O–H groups in total. The molecule has 0 unspecified atom stereocenters. The molecular formula is C22H25FN4O3. The lowest BCUT2D eigenvalue weighted by atomic mass is 10.0. The van der Waals surface area contributed by atoms with E-state index in [1.165, 1.54) is 36.7 Å². The van der Waals surface area contributed by atoms with Crippen LogP contribution in [0.15, 0.2) is 37.3 Å². The Hall–Kier alpha value is -3.68. The number of ether oxygens (including phenoxy) is 1. The third-order valence-electron chi connectivity index (χ3n) is 4.01. The van der Waals surface area contributed by atoms with E-state index in [0.29, 0.717) is 34.0 Å². The lowest BCUT2D eigenvalue weighted by molar-refractivity contribution is 0.0691. The number of carboxylic acids is 1. The molecule has 3 rings (SSSR count). The van der Waals surface area contributed by atoms with Crippen LogP contribution in [0.1, 0.15) is 54.5 Å². The number of imidazole rings is 1. The van der Waals surface area contributed by atoms with Gasteiger partial charge in [-0.3, -0.25) is 9.67 Å². The largest absolute Gasteiger partial charge is 0.496 e. The number of nitrogens with zero attached hydrogens (tertiary/aromatic N) is 3. The van der Waals surface area contributed by atoms with Crippen LogP contribution in [0.3, 0.4) is 0 Å². The van der Waals surface area contributed by atoms with E-state index < -0.39 is 11.8 Å². The number of allylic oxidation sites excluding steroid dienone is 1. The fourth-order valence-electron chi connectivity index (χ4n) is 2.74. The predicted octanol–water partition coefficient (Wildman–Crippen LogP) is 5.06. The highest BCUT2D eigenvalue weighted by Gasteiger charge is 2.17. The van der Waals surface area contributed by atoms with E-state index in [-0.39, 0.29) is 5.69 Å². The SMILES string of the molecule is C=Cc1[nH]nc(-n2cnc(C(=O)O)c2)c1/C=C(\C)c1c(F)cccc1OC.CCC. The summed E-state index contributed by atoms with van der Waals surface area (Å²) in [7, 11) is 1.48. The van der Waals surface area contributed by atoms with Crippen molar-refractivity contribution in [2.75, 3.05) is 7.11 Å². The molecule has 0 radical (unpaired) electrons. The Kier molecular flexibility index (Phi) is 7.69. The van der Waals surface area contributed by atoms with Gasteiger partial charge in [0.1, 0.15) is 17.9 Å². The Morgan fingerprint density at radius 3 is 2.67 bits per heavy atom. The van der Waals surface area contributed by atoms with Crippen LogP contribution in [0.2, 0.25) is 0 Å². The van der Waals surface area contributed by atoms with Gasteiger partial charge in [0.05, 0.1) is 18.4 Å². The van der Waals surface area contributed by atoms with E-state index in [9.17, 15) is 9.18 Å². The molecule has 3 aromatic rings. The summed E-state index contributed by atoms with van der Waals surface area (Å²) in [5.74, 6) is -0.731. The number of aromatic amines is 1. The van der Waals surface area contributed by atoms with Gasteiger partial charge >= 0.3 is 5.97 Å². The van der Waals surface area contributed by atoms with Crippen molar-refractivity contribution in [1.29, 1.82) is 0 Å². The van der Waals surface area contributed by atoms with Crippen LogP contribution in [0, 0.1) is 5.82 Å². The Morgan fingerprint density at radius 1 is 1.40 bits per heavy atom. The van der Waals surface area contributed by atoms with E-state index in [0.717, 1.165) is 0 Å². The summed E-state index contributed by atoms with van der Waals surface area (Å²) >= 11 is 0. The molecule has 7 nitrogen and oxygen atoms in total. The van der Waals surface area contributed by atoms with Crippen LogP contribution in [0.4, 0.5) is 4.39 Å². The zero-order valence-electron chi connectivity index (χ0n) is 17.4. The zero-order valence-corrected chi connectivity index (χ0v) is 17.4. The molecule has 0 atom stereocenters. The fraction of sp³-hybridized carbons (Fsp3) is 0.227. The normalized spacial score (nSPS) is 10.9. The van der Waals surface area contributed by atoms with Crippen molar-refractivity contribution in [3.63, 3.8) is 0 Å². The molecule has 158 valence electrons. The molecule has 0 spiro atoms. The van der Waals surface area contributed by atoms with E-state index in [1.807, 2.05) is 0 Å². The van der Waals surface area contributed by atoms with E-state index >= 15 is 0 Å². The van der Waals surface area contributed by atoms with Crippen molar-refractivity contribution < 1.29 is 19.0 Å². The van der Waals surface area contributed by atoms with Gasteiger partial charge in [-0.15, -0.1) is 0 Å². The summed E-state index contributed by atoms with van der Waals surface area (Å²) in [6, 6.07) is 4.60. The predicted molar refractivity (Wildman–Crippen MR) is 115 cm³/mol. The average molecular weight is 412 g/mol. The molecule has 0 fully saturated rings. The van der Waals surface area contributed by atoms with E-state index in [4.69, 9.17) is 9.84 Å². The molecule has 2 aromatic heterocycles. The van der Waals surface area contributed by atoms with Gasteiger partial charge < -0.3 is 9.84 Å². The molecule has 0 amide bonds. The summed E-state index contributed by atoms with van der Waals surface area (Å²) in [4.78, 5) is 14.9. The molecule has 0 aliphatic heterocycles. The number of hydrogen-bond acceptors (Lipinski definition) is 4. The number of nitrogens with one attached hydrogen (secondary N) is 1. The molecule has 0 aliphatic rings. The quantitative estimate of drug-likeness (QED) is 0.590. The molecule has 0 bridgehead atoms. The van der Waals surface area contributed by atoms with Gasteiger partial charge in [-0.1, -0.05) is 32.9 Å². The minimum Gasteiger partial charge on any atom is -0.496 e. The summed E-state index contributed by atoms with van der Waals surface area (Å²) in [5, 5.41) is 16.1. The number of H-pyrrole nitrogens is 1. The number of aromatic nitrogens is 4. The lowest BCUT2D eigenvalue weighted by Gasteiger charge is -2.10. The first kappa shape index (κ1) is 22.6. The van der Waals surface area contributed by atoms with Crippen LogP contribution in [-0.4, -0.2) is 37.9 Å². The van der Waals surface area contributed by atoms with Crippen molar-refractivity contribution in [3.05, 3.63) is 65.6 Å². The lowest BCUT2D eigenvalue weighted by Crippen LogP contribution is -1.97. The summed E-state index contributed by atoms with van der Waals surface area (Å²) in [5.41, 5.74) is 2.04. The third-order valence-corrected chi connectivity index (χ3v) is 4.01. The topological polar surface area (TPSA) is 93.0 Å². The smallest absolute Gasteiger partial charge is 0.356 e. The van der Waals surface area contributed by atoms with E-state index in [1.54, 1.807) is 31.2 Å². The molecular weight excluding hydrogens is 387 g/mol. The van der Waals surface area contributed by atoms with Gasteiger partial charge in [0.15, 0.2) is 11.5 Å². The Bertz CT molecular complexity index is 1070. The van der Waals surface area contributed by atoms with Crippen molar-refractivity contribution in [2.24, 2.45) is 0 Å². The third kappa shape index (κ3) is 4.83. The van der Waals surface area contributed by atoms with Crippen LogP contribution in [0.25, 0.3) is 23.5 Å². The van der Waals surface area contributed by atoms with Crippen LogP contribution < -0.4 is 4.74 Å². The second-order valence-corrected chi connectivity index (χ2v) is 6.40. The highest BCUT2D eigenvalue weighted by Crippen LogP contribution is 2.31. The maximum Gasteiger partial charge on any atom is 0.356 e. The number of benzene rings is 1. The summed E-state index contributed by atoms with van der Waals surface area (Å²) in [6.45, 7) is 9.75. The molecule has 0 saturated heterocycles. The zero-order chi connectivity index (χ0) is 22.3. The summed E-state index contributed by atoms with van der Waals surface area (Å²) in [6.07, 6.45) is 7.25. The number of hydrogen-bond donors (Lipinski definition) is 2. The van der Waals surface area contributed by atoms with Crippen molar-refractivity contribution in [2.45, 2.75) is 27.2 Å². The molecule has 1 aromatic carbocycles. The monoisotopic (exact) mass is 412 g/mol. The number of aromatic carboxylic acids is 1. The molecule has 30 heavy (non-hydrogen) atoms. The Morgan fingerprint density at radius 2 is 2.10 bits per heavy atom. The Labute approximate surface area is 174 Å². The van der Waals surface area contributed by atoms with Gasteiger partial charge in [-0.2, -0.15) is 5.10 Å². The van der Waals surface area contributed by atoms with Crippen LogP contribution in [0.5, 0.6) is 5.75 Å². The number of rotatable bonds is 6. The second-order valence-electron chi connectivity index (χ2n) is 6.40. The first-order chi connectivity index (χ1) is 14.4. The number of carboxylic acid groups (broad SMARTS) is 1. The van der Waals surface area contributed by atoms with Crippen LogP contribution >= 0.6 is 0 Å². The van der Waals surface area contributed by atoms with Crippen LogP contribution in [-0.2, 0) is 0 Å². The molecule has 8 heteroatoms. The van der Waals surface area contributed by atoms with Crippen molar-refractivity contribution >= 4 is 23.7 Å². The number of methoxy groups -OCH3 is 1. The molecule has 0 aliphatic carbocycles. The molecule has 2 heterocycles. The van der Waals surface area contributed by atoms with Gasteiger partial charge in [-0.05, 0) is 36.8 Å². The minimum atomic E-state index is -1.14. The van der Waals surface area contributed by atoms with E-state index in [2.05, 4.69) is 35.6 Å². The highest BCUT2D eigenvalue weighted by atomic mass is 19.1. The number of carbonyl (C=O) groups is 1. The first-order valence-corrected chi connectivity index (χ1v) is 9.37. The van der Waals surface area contributed by atoms with Gasteiger partial charge in [0.25, 0.3) is 0 Å².